The van der Waals surface area contributed by atoms with E-state index in [0.717, 1.165) is 18.5 Å². The van der Waals surface area contributed by atoms with Crippen LogP contribution in [0.1, 0.15) is 41.2 Å². The third kappa shape index (κ3) is 3.83. The molecule has 7 nitrogen and oxygen atoms in total. The lowest BCUT2D eigenvalue weighted by Gasteiger charge is -1.97. The number of hydrogen-bond acceptors (Lipinski definition) is 6. The van der Waals surface area contributed by atoms with Gasteiger partial charge in [-0.25, -0.2) is 0 Å². The number of rotatable bonds is 7. The second-order valence-corrected chi connectivity index (χ2v) is 5.11. The van der Waals surface area contributed by atoms with E-state index in [1.807, 2.05) is 6.26 Å². The van der Waals surface area contributed by atoms with Crippen LogP contribution in [0.4, 0.5) is 0 Å². The van der Waals surface area contributed by atoms with Crippen LogP contribution in [-0.2, 0) is 18.7 Å². The third-order valence-electron chi connectivity index (χ3n) is 2.57. The molecule has 0 radical (unpaired) electrons. The minimum Gasteiger partial charge on any atom is -0.342 e. The van der Waals surface area contributed by atoms with E-state index < -0.39 is 0 Å². The van der Waals surface area contributed by atoms with Crippen molar-refractivity contribution in [2.24, 2.45) is 0 Å². The Balaban J connectivity index is 1.87. The molecule has 20 heavy (non-hydrogen) atoms. The Kier molecular flexibility index (Phi) is 5.16. The van der Waals surface area contributed by atoms with Crippen LogP contribution in [0.25, 0.3) is 0 Å². The van der Waals surface area contributed by atoms with Crippen molar-refractivity contribution < 1.29 is 9.32 Å². The number of carbonyl (C=O) groups is 1. The molecule has 0 aliphatic rings. The molecule has 0 aliphatic heterocycles. The van der Waals surface area contributed by atoms with Crippen LogP contribution >= 0.6 is 11.8 Å². The molecule has 0 unspecified atom stereocenters. The highest BCUT2D eigenvalue weighted by Crippen LogP contribution is 2.06. The zero-order chi connectivity index (χ0) is 14.4. The standard InChI is InChI=1S/C12H17N5O2S/c1-3-4-8-5-9(16-15-8)12(18)13-6-11-14-10(7-20-2)17-19-11/h5H,3-4,6-7H2,1-2H3,(H,13,18)(H,15,16). The molecule has 8 heteroatoms. The van der Waals surface area contributed by atoms with Crippen LogP contribution in [-0.4, -0.2) is 32.5 Å². The number of nitrogens with zero attached hydrogens (tertiary/aromatic N) is 3. The van der Waals surface area contributed by atoms with Gasteiger partial charge in [0.2, 0.25) is 5.89 Å². The van der Waals surface area contributed by atoms with Gasteiger partial charge in [0.1, 0.15) is 5.69 Å². The highest BCUT2D eigenvalue weighted by atomic mass is 32.2. The minimum atomic E-state index is -0.256. The highest BCUT2D eigenvalue weighted by molar-refractivity contribution is 7.97. The molecule has 2 rings (SSSR count). The van der Waals surface area contributed by atoms with Gasteiger partial charge in [0, 0.05) is 5.69 Å². The fourth-order valence-electron chi connectivity index (χ4n) is 1.67. The van der Waals surface area contributed by atoms with Crippen LogP contribution in [0, 0.1) is 0 Å². The molecule has 0 atom stereocenters. The Morgan fingerprint density at radius 2 is 2.40 bits per heavy atom. The van der Waals surface area contributed by atoms with Crippen molar-refractivity contribution >= 4 is 17.7 Å². The van der Waals surface area contributed by atoms with Crippen molar-refractivity contribution in [3.05, 3.63) is 29.2 Å². The number of aryl methyl sites for hydroxylation is 1. The minimum absolute atomic E-state index is 0.205. The van der Waals surface area contributed by atoms with E-state index in [2.05, 4.69) is 32.6 Å². The summed E-state index contributed by atoms with van der Waals surface area (Å²) in [6.07, 6.45) is 3.84. The summed E-state index contributed by atoms with van der Waals surface area (Å²) in [6.45, 7) is 2.28. The van der Waals surface area contributed by atoms with Crippen LogP contribution in [0.3, 0.4) is 0 Å². The van der Waals surface area contributed by atoms with E-state index >= 15 is 0 Å². The van der Waals surface area contributed by atoms with Crippen molar-refractivity contribution in [2.45, 2.75) is 32.1 Å². The maximum absolute atomic E-state index is 11.9. The molecule has 0 saturated carbocycles. The molecule has 2 aromatic heterocycles. The first-order valence-electron chi connectivity index (χ1n) is 6.35. The van der Waals surface area contributed by atoms with Gasteiger partial charge in [-0.15, -0.1) is 0 Å². The first-order chi connectivity index (χ1) is 9.72. The molecule has 0 spiro atoms. The molecule has 2 aromatic rings. The highest BCUT2D eigenvalue weighted by Gasteiger charge is 2.12. The van der Waals surface area contributed by atoms with Gasteiger partial charge in [0.25, 0.3) is 5.91 Å². The Labute approximate surface area is 120 Å². The summed E-state index contributed by atoms with van der Waals surface area (Å²) in [4.78, 5) is 16.0. The molecule has 0 saturated heterocycles. The van der Waals surface area contributed by atoms with E-state index in [1.165, 1.54) is 0 Å². The van der Waals surface area contributed by atoms with Gasteiger partial charge in [0.15, 0.2) is 5.82 Å². The number of hydrogen-bond donors (Lipinski definition) is 2. The number of nitrogens with one attached hydrogen (secondary N) is 2. The van der Waals surface area contributed by atoms with Crippen molar-refractivity contribution in [2.75, 3.05) is 6.26 Å². The van der Waals surface area contributed by atoms with Crippen molar-refractivity contribution in [3.8, 4) is 0 Å². The lowest BCUT2D eigenvalue weighted by Crippen LogP contribution is -2.23. The Morgan fingerprint density at radius 1 is 1.55 bits per heavy atom. The van der Waals surface area contributed by atoms with Crippen LogP contribution < -0.4 is 5.32 Å². The van der Waals surface area contributed by atoms with E-state index in [1.54, 1.807) is 17.8 Å². The van der Waals surface area contributed by atoms with Gasteiger partial charge >= 0.3 is 0 Å². The summed E-state index contributed by atoms with van der Waals surface area (Å²) < 4.78 is 5.03. The average Bonchev–Trinajstić information content (AvgIpc) is 3.06. The van der Waals surface area contributed by atoms with E-state index in [-0.39, 0.29) is 12.5 Å². The SMILES string of the molecule is CCCc1cc(C(=O)NCc2nc(CSC)no2)n[nH]1. The third-order valence-corrected chi connectivity index (χ3v) is 3.11. The fourth-order valence-corrected chi connectivity index (χ4v) is 2.05. The zero-order valence-corrected chi connectivity index (χ0v) is 12.3. The van der Waals surface area contributed by atoms with E-state index in [0.29, 0.717) is 23.2 Å². The molecule has 0 aromatic carbocycles. The van der Waals surface area contributed by atoms with Gasteiger partial charge in [-0.05, 0) is 18.7 Å². The van der Waals surface area contributed by atoms with Crippen LogP contribution in [0.2, 0.25) is 0 Å². The molecular weight excluding hydrogens is 278 g/mol. The molecule has 1 amide bonds. The number of aromatic amines is 1. The smallest absolute Gasteiger partial charge is 0.272 e. The van der Waals surface area contributed by atoms with Gasteiger partial charge in [-0.1, -0.05) is 18.5 Å². The quantitative estimate of drug-likeness (QED) is 0.804. The zero-order valence-electron chi connectivity index (χ0n) is 11.5. The Hall–Kier alpha value is -1.83. The van der Waals surface area contributed by atoms with Crippen LogP contribution in [0.15, 0.2) is 10.6 Å². The lowest BCUT2D eigenvalue weighted by atomic mass is 10.2. The molecule has 0 bridgehead atoms. The summed E-state index contributed by atoms with van der Waals surface area (Å²) in [7, 11) is 0. The Morgan fingerprint density at radius 3 is 3.15 bits per heavy atom. The van der Waals surface area contributed by atoms with Gasteiger partial charge in [-0.3, -0.25) is 9.89 Å². The molecule has 2 heterocycles. The topological polar surface area (TPSA) is 96.7 Å². The van der Waals surface area contributed by atoms with E-state index in [9.17, 15) is 4.79 Å². The monoisotopic (exact) mass is 295 g/mol. The molecule has 2 N–H and O–H groups in total. The normalized spacial score (nSPS) is 10.7. The maximum atomic E-state index is 11.9. The van der Waals surface area contributed by atoms with Gasteiger partial charge < -0.3 is 9.84 Å². The summed E-state index contributed by atoms with van der Waals surface area (Å²) >= 11 is 1.61. The average molecular weight is 295 g/mol. The maximum Gasteiger partial charge on any atom is 0.272 e. The predicted octanol–water partition coefficient (Wildman–Crippen LogP) is 1.54. The summed E-state index contributed by atoms with van der Waals surface area (Å²) in [5, 5.41) is 13.3. The molecule has 0 aliphatic carbocycles. The second kappa shape index (κ2) is 7.09. The fraction of sp³-hybridized carbons (Fsp3) is 0.500. The Bertz CT molecular complexity index is 566. The summed E-state index contributed by atoms with van der Waals surface area (Å²) in [6, 6.07) is 1.76. The lowest BCUT2D eigenvalue weighted by molar-refractivity contribution is 0.0941. The number of amides is 1. The summed E-state index contributed by atoms with van der Waals surface area (Å²) in [5.41, 5.74) is 1.33. The van der Waals surface area contributed by atoms with Gasteiger partial charge in [0.05, 0.1) is 12.3 Å². The second-order valence-electron chi connectivity index (χ2n) is 4.25. The molecule has 108 valence electrons. The first kappa shape index (κ1) is 14.6. The van der Waals surface area contributed by atoms with Crippen LogP contribution in [0.5, 0.6) is 0 Å². The largest absolute Gasteiger partial charge is 0.342 e. The van der Waals surface area contributed by atoms with Crippen molar-refractivity contribution in [1.29, 1.82) is 0 Å². The number of thioether (sulfide) groups is 1. The predicted molar refractivity (Wildman–Crippen MR) is 75.3 cm³/mol. The van der Waals surface area contributed by atoms with Crippen molar-refractivity contribution in [3.63, 3.8) is 0 Å². The molecule has 0 fully saturated rings. The number of H-pyrrole nitrogens is 1. The molecular formula is C12H17N5O2S. The van der Waals surface area contributed by atoms with E-state index in [4.69, 9.17) is 4.52 Å². The number of carbonyl (C=O) groups excluding carboxylic acids is 1. The first-order valence-corrected chi connectivity index (χ1v) is 7.75. The van der Waals surface area contributed by atoms with Crippen molar-refractivity contribution in [1.82, 2.24) is 25.7 Å². The van der Waals surface area contributed by atoms with Gasteiger partial charge in [-0.2, -0.15) is 21.8 Å². The number of aromatic nitrogens is 4. The summed E-state index contributed by atoms with van der Waals surface area (Å²) in [5.74, 6) is 1.46.